The van der Waals surface area contributed by atoms with Crippen molar-refractivity contribution in [1.82, 2.24) is 10.2 Å². The molecule has 0 radical (unpaired) electrons. The van der Waals surface area contributed by atoms with Crippen LogP contribution in [0.2, 0.25) is 0 Å². The van der Waals surface area contributed by atoms with Gasteiger partial charge in [0.1, 0.15) is 18.4 Å². The number of sulfonamides is 1. The number of benzene rings is 2. The maximum atomic E-state index is 13.5. The van der Waals surface area contributed by atoms with Crippen LogP contribution in [0.1, 0.15) is 32.8 Å². The highest BCUT2D eigenvalue weighted by molar-refractivity contribution is 7.92. The van der Waals surface area contributed by atoms with E-state index < -0.39 is 34.3 Å². The number of rotatable bonds is 11. The molecule has 0 aromatic heterocycles. The van der Waals surface area contributed by atoms with Crippen LogP contribution in [0.3, 0.4) is 0 Å². The van der Waals surface area contributed by atoms with Gasteiger partial charge in [0.2, 0.25) is 21.8 Å². The van der Waals surface area contributed by atoms with Gasteiger partial charge in [0.05, 0.1) is 11.9 Å². The van der Waals surface area contributed by atoms with Crippen molar-refractivity contribution in [2.45, 2.75) is 39.8 Å². The molecule has 2 rings (SSSR count). The molecular formula is C24H32FN3O4S. The lowest BCUT2D eigenvalue weighted by Crippen LogP contribution is -2.52. The first-order valence-corrected chi connectivity index (χ1v) is 12.7. The third-order valence-electron chi connectivity index (χ3n) is 5.06. The van der Waals surface area contributed by atoms with Crippen molar-refractivity contribution in [2.24, 2.45) is 5.92 Å². The SMILES string of the molecule is CC[C@@H](C(=O)NCC(C)C)N(Cc1ccc(F)cc1)C(=O)CN(c1ccccc1)S(C)(=O)=O. The van der Waals surface area contributed by atoms with Gasteiger partial charge in [0.15, 0.2) is 0 Å². The number of carbonyl (C=O) groups is 2. The van der Waals surface area contributed by atoms with Gasteiger partial charge in [-0.2, -0.15) is 0 Å². The number of amides is 2. The van der Waals surface area contributed by atoms with Crippen molar-refractivity contribution in [3.8, 4) is 0 Å². The normalized spacial score (nSPS) is 12.3. The van der Waals surface area contributed by atoms with Crippen LogP contribution >= 0.6 is 0 Å². The zero-order valence-corrected chi connectivity index (χ0v) is 20.3. The van der Waals surface area contributed by atoms with E-state index >= 15 is 0 Å². The predicted molar refractivity (Wildman–Crippen MR) is 128 cm³/mol. The van der Waals surface area contributed by atoms with Crippen LogP contribution < -0.4 is 9.62 Å². The zero-order chi connectivity index (χ0) is 24.6. The zero-order valence-electron chi connectivity index (χ0n) is 19.5. The monoisotopic (exact) mass is 477 g/mol. The van der Waals surface area contributed by atoms with Gasteiger partial charge in [-0.25, -0.2) is 12.8 Å². The summed E-state index contributed by atoms with van der Waals surface area (Å²) in [6, 6.07) is 13.2. The summed E-state index contributed by atoms with van der Waals surface area (Å²) in [6.45, 7) is 5.75. The fraction of sp³-hybridized carbons (Fsp3) is 0.417. The summed E-state index contributed by atoms with van der Waals surface area (Å²) in [5.74, 6) is -1.02. The molecule has 0 aliphatic rings. The Morgan fingerprint density at radius 3 is 2.15 bits per heavy atom. The molecule has 2 aromatic rings. The summed E-state index contributed by atoms with van der Waals surface area (Å²) in [4.78, 5) is 27.7. The van der Waals surface area contributed by atoms with E-state index in [0.717, 1.165) is 10.6 Å². The second-order valence-corrected chi connectivity index (χ2v) is 10.2. The molecule has 0 aliphatic carbocycles. The summed E-state index contributed by atoms with van der Waals surface area (Å²) in [5, 5.41) is 2.85. The molecule has 33 heavy (non-hydrogen) atoms. The van der Waals surface area contributed by atoms with E-state index in [-0.39, 0.29) is 18.4 Å². The van der Waals surface area contributed by atoms with E-state index in [1.807, 2.05) is 13.8 Å². The first-order chi connectivity index (χ1) is 15.5. The molecule has 1 N–H and O–H groups in total. The topological polar surface area (TPSA) is 86.8 Å². The minimum absolute atomic E-state index is 0.0408. The Morgan fingerprint density at radius 2 is 1.64 bits per heavy atom. The van der Waals surface area contributed by atoms with Gasteiger partial charge in [-0.05, 0) is 42.2 Å². The Hall–Kier alpha value is -2.94. The first kappa shape index (κ1) is 26.3. The molecule has 0 spiro atoms. The predicted octanol–water partition coefficient (Wildman–Crippen LogP) is 3.17. The summed E-state index contributed by atoms with van der Waals surface area (Å²) >= 11 is 0. The van der Waals surface area contributed by atoms with Crippen molar-refractivity contribution < 1.29 is 22.4 Å². The van der Waals surface area contributed by atoms with Crippen molar-refractivity contribution in [3.05, 3.63) is 66.0 Å². The van der Waals surface area contributed by atoms with E-state index in [1.165, 1.54) is 17.0 Å². The van der Waals surface area contributed by atoms with Crippen LogP contribution in [0.25, 0.3) is 0 Å². The molecule has 1 atom stereocenters. The van der Waals surface area contributed by atoms with Gasteiger partial charge in [-0.3, -0.25) is 13.9 Å². The van der Waals surface area contributed by atoms with Gasteiger partial charge >= 0.3 is 0 Å². The number of anilines is 1. The smallest absolute Gasteiger partial charge is 0.244 e. The summed E-state index contributed by atoms with van der Waals surface area (Å²) in [6.07, 6.45) is 1.37. The molecule has 0 bridgehead atoms. The third kappa shape index (κ3) is 7.85. The molecule has 7 nitrogen and oxygen atoms in total. The minimum Gasteiger partial charge on any atom is -0.354 e. The van der Waals surface area contributed by atoms with Crippen molar-refractivity contribution in [2.75, 3.05) is 23.7 Å². The van der Waals surface area contributed by atoms with Gasteiger partial charge in [0.25, 0.3) is 0 Å². The van der Waals surface area contributed by atoms with E-state index in [4.69, 9.17) is 0 Å². The fourth-order valence-electron chi connectivity index (χ4n) is 3.34. The van der Waals surface area contributed by atoms with E-state index in [0.29, 0.717) is 24.2 Å². The van der Waals surface area contributed by atoms with Crippen LogP contribution in [-0.2, 0) is 26.2 Å². The van der Waals surface area contributed by atoms with E-state index in [1.54, 1.807) is 49.4 Å². The van der Waals surface area contributed by atoms with Crippen molar-refractivity contribution >= 4 is 27.5 Å². The molecule has 9 heteroatoms. The highest BCUT2D eigenvalue weighted by Crippen LogP contribution is 2.19. The second kappa shape index (κ2) is 11.8. The molecule has 0 saturated heterocycles. The second-order valence-electron chi connectivity index (χ2n) is 8.32. The Bertz CT molecular complexity index is 1030. The first-order valence-electron chi connectivity index (χ1n) is 10.9. The molecule has 0 aliphatic heterocycles. The number of hydrogen-bond donors (Lipinski definition) is 1. The van der Waals surface area contributed by atoms with Gasteiger partial charge < -0.3 is 10.2 Å². The average Bonchev–Trinajstić information content (AvgIpc) is 2.76. The van der Waals surface area contributed by atoms with Gasteiger partial charge in [-0.15, -0.1) is 0 Å². The maximum absolute atomic E-state index is 13.5. The number of para-hydroxylation sites is 1. The maximum Gasteiger partial charge on any atom is 0.244 e. The average molecular weight is 478 g/mol. The van der Waals surface area contributed by atoms with E-state index in [9.17, 15) is 22.4 Å². The number of hydrogen-bond acceptors (Lipinski definition) is 4. The van der Waals surface area contributed by atoms with Crippen LogP contribution in [0.15, 0.2) is 54.6 Å². The third-order valence-corrected chi connectivity index (χ3v) is 6.20. The standard InChI is InChI=1S/C24H32FN3O4S/c1-5-22(24(30)26-15-18(2)3)27(16-19-11-13-20(25)14-12-19)23(29)17-28(33(4,31)32)21-9-7-6-8-10-21/h6-14,18,22H,5,15-17H2,1-4H3,(H,26,30)/t22-/m0/s1. The largest absolute Gasteiger partial charge is 0.354 e. The molecule has 2 amide bonds. The Balaban J connectivity index is 2.38. The molecule has 180 valence electrons. The molecule has 2 aromatic carbocycles. The van der Waals surface area contributed by atoms with Crippen LogP contribution in [0, 0.1) is 11.7 Å². The highest BCUT2D eigenvalue weighted by atomic mass is 32.2. The number of nitrogens with zero attached hydrogens (tertiary/aromatic N) is 2. The van der Waals surface area contributed by atoms with Gasteiger partial charge in [0, 0.05) is 13.1 Å². The molecule has 0 fully saturated rings. The van der Waals surface area contributed by atoms with Crippen molar-refractivity contribution in [3.63, 3.8) is 0 Å². The van der Waals surface area contributed by atoms with Crippen LogP contribution in [0.4, 0.5) is 10.1 Å². The van der Waals surface area contributed by atoms with Crippen LogP contribution in [0.5, 0.6) is 0 Å². The lowest BCUT2D eigenvalue weighted by Gasteiger charge is -2.33. The highest BCUT2D eigenvalue weighted by Gasteiger charge is 2.31. The Labute approximate surface area is 195 Å². The summed E-state index contributed by atoms with van der Waals surface area (Å²) in [5.41, 5.74) is 0.984. The number of nitrogens with one attached hydrogen (secondary N) is 1. The number of carbonyl (C=O) groups excluding carboxylic acids is 2. The molecule has 0 heterocycles. The van der Waals surface area contributed by atoms with Crippen molar-refractivity contribution in [1.29, 1.82) is 0 Å². The minimum atomic E-state index is -3.76. The fourth-order valence-corrected chi connectivity index (χ4v) is 4.19. The Kier molecular flexibility index (Phi) is 9.40. The molecule has 0 saturated carbocycles. The lowest BCUT2D eigenvalue weighted by atomic mass is 10.1. The van der Waals surface area contributed by atoms with E-state index in [2.05, 4.69) is 5.32 Å². The van der Waals surface area contributed by atoms with Gasteiger partial charge in [-0.1, -0.05) is 51.1 Å². The quantitative estimate of drug-likeness (QED) is 0.539. The lowest BCUT2D eigenvalue weighted by molar-refractivity contribution is -0.140. The van der Waals surface area contributed by atoms with Crippen LogP contribution in [-0.4, -0.2) is 50.5 Å². The number of halogens is 1. The Morgan fingerprint density at radius 1 is 1.03 bits per heavy atom. The molecular weight excluding hydrogens is 445 g/mol. The molecule has 0 unspecified atom stereocenters. The summed E-state index contributed by atoms with van der Waals surface area (Å²) in [7, 11) is -3.76. The summed E-state index contributed by atoms with van der Waals surface area (Å²) < 4.78 is 39.3.